The topological polar surface area (TPSA) is 18.5 Å². The van der Waals surface area contributed by atoms with E-state index in [1.54, 1.807) is 0 Å². The van der Waals surface area contributed by atoms with Gasteiger partial charge in [-0.05, 0) is 31.1 Å². The molecule has 2 fully saturated rings. The summed E-state index contributed by atoms with van der Waals surface area (Å²) in [7, 11) is 0. The highest BCUT2D eigenvalue weighted by Crippen LogP contribution is 2.53. The van der Waals surface area contributed by atoms with E-state index in [1.165, 1.54) is 12.8 Å². The summed E-state index contributed by atoms with van der Waals surface area (Å²) in [6, 6.07) is 0. The van der Waals surface area contributed by atoms with Crippen LogP contribution < -0.4 is 0 Å². The van der Waals surface area contributed by atoms with Gasteiger partial charge in [-0.2, -0.15) is 0 Å². The maximum Gasteiger partial charge on any atom is 0.169 e. The van der Waals surface area contributed by atoms with Crippen LogP contribution in [-0.4, -0.2) is 19.0 Å². The Morgan fingerprint density at radius 2 is 1.57 bits per heavy atom. The Morgan fingerprint density at radius 1 is 1.00 bits per heavy atom. The normalized spacial score (nSPS) is 40.3. The van der Waals surface area contributed by atoms with Gasteiger partial charge in [0.15, 0.2) is 5.79 Å². The monoisotopic (exact) mass is 198 g/mol. The van der Waals surface area contributed by atoms with E-state index in [0.29, 0.717) is 11.3 Å². The fraction of sp³-hybridized carbons (Fsp3) is 1.00. The molecule has 1 saturated carbocycles. The van der Waals surface area contributed by atoms with Crippen molar-refractivity contribution in [3.63, 3.8) is 0 Å². The molecule has 2 heteroatoms. The smallest absolute Gasteiger partial charge is 0.169 e. The summed E-state index contributed by atoms with van der Waals surface area (Å²) in [4.78, 5) is 0. The SMILES string of the molecule is CC1CCC(C2(C)OCCO2)C1(C)C. The summed E-state index contributed by atoms with van der Waals surface area (Å²) in [5.41, 5.74) is 0.346. The quantitative estimate of drug-likeness (QED) is 0.645. The van der Waals surface area contributed by atoms with Gasteiger partial charge in [0.25, 0.3) is 0 Å². The third-order valence-corrected chi connectivity index (χ3v) is 4.55. The molecule has 0 radical (unpaired) electrons. The second-order valence-corrected chi connectivity index (χ2v) is 5.57. The van der Waals surface area contributed by atoms with Gasteiger partial charge in [0, 0.05) is 5.92 Å². The molecule has 82 valence electrons. The highest BCUT2D eigenvalue weighted by Gasteiger charge is 2.52. The van der Waals surface area contributed by atoms with Gasteiger partial charge >= 0.3 is 0 Å². The lowest BCUT2D eigenvalue weighted by atomic mass is 9.73. The molecule has 2 aliphatic rings. The Balaban J connectivity index is 2.18. The summed E-state index contributed by atoms with van der Waals surface area (Å²) in [5, 5.41) is 0. The van der Waals surface area contributed by atoms with Crippen LogP contribution >= 0.6 is 0 Å². The molecule has 2 rings (SSSR count). The molecule has 0 aromatic rings. The molecular weight excluding hydrogens is 176 g/mol. The lowest BCUT2D eigenvalue weighted by Gasteiger charge is -2.40. The zero-order valence-corrected chi connectivity index (χ0v) is 9.80. The van der Waals surface area contributed by atoms with Crippen LogP contribution in [0.15, 0.2) is 0 Å². The summed E-state index contributed by atoms with van der Waals surface area (Å²) >= 11 is 0. The Bertz CT molecular complexity index is 216. The average Bonchev–Trinajstić information content (AvgIpc) is 2.61. The molecule has 14 heavy (non-hydrogen) atoms. The van der Waals surface area contributed by atoms with E-state index in [4.69, 9.17) is 9.47 Å². The standard InChI is InChI=1S/C12H22O2/c1-9-5-6-10(11(9,2)3)12(4)13-7-8-14-12/h9-10H,5-8H2,1-4H3. The predicted octanol–water partition coefficient (Wildman–Crippen LogP) is 2.82. The second-order valence-electron chi connectivity index (χ2n) is 5.57. The number of ether oxygens (including phenoxy) is 2. The van der Waals surface area contributed by atoms with Crippen molar-refractivity contribution >= 4 is 0 Å². The molecule has 1 aliphatic carbocycles. The highest BCUT2D eigenvalue weighted by atomic mass is 16.7. The van der Waals surface area contributed by atoms with Crippen molar-refractivity contribution in [2.75, 3.05) is 13.2 Å². The van der Waals surface area contributed by atoms with Crippen LogP contribution in [0.1, 0.15) is 40.5 Å². The van der Waals surface area contributed by atoms with Crippen molar-refractivity contribution in [2.45, 2.75) is 46.3 Å². The van der Waals surface area contributed by atoms with Crippen molar-refractivity contribution in [3.05, 3.63) is 0 Å². The first-order valence-electron chi connectivity index (χ1n) is 5.75. The maximum atomic E-state index is 5.79. The maximum absolute atomic E-state index is 5.79. The zero-order chi connectivity index (χ0) is 10.4. The molecule has 1 heterocycles. The van der Waals surface area contributed by atoms with Crippen molar-refractivity contribution in [1.82, 2.24) is 0 Å². The van der Waals surface area contributed by atoms with Crippen LogP contribution in [0, 0.1) is 17.3 Å². The molecule has 2 nitrogen and oxygen atoms in total. The Hall–Kier alpha value is -0.0800. The Labute approximate surface area is 87.0 Å². The first kappa shape index (κ1) is 10.4. The molecule has 1 saturated heterocycles. The zero-order valence-electron chi connectivity index (χ0n) is 9.80. The van der Waals surface area contributed by atoms with E-state index in [2.05, 4.69) is 27.7 Å². The summed E-state index contributed by atoms with van der Waals surface area (Å²) in [6.45, 7) is 10.7. The molecule has 2 atom stereocenters. The highest BCUT2D eigenvalue weighted by molar-refractivity contribution is 4.96. The van der Waals surface area contributed by atoms with E-state index in [-0.39, 0.29) is 5.79 Å². The minimum atomic E-state index is -0.311. The third-order valence-electron chi connectivity index (χ3n) is 4.55. The Kier molecular flexibility index (Phi) is 2.39. The Morgan fingerprint density at radius 3 is 2.00 bits per heavy atom. The van der Waals surface area contributed by atoms with Crippen molar-refractivity contribution < 1.29 is 9.47 Å². The van der Waals surface area contributed by atoms with Gasteiger partial charge < -0.3 is 9.47 Å². The van der Waals surface area contributed by atoms with Crippen molar-refractivity contribution in [3.8, 4) is 0 Å². The lowest BCUT2D eigenvalue weighted by molar-refractivity contribution is -0.202. The van der Waals surface area contributed by atoms with E-state index in [9.17, 15) is 0 Å². The van der Waals surface area contributed by atoms with Crippen LogP contribution in [-0.2, 0) is 9.47 Å². The van der Waals surface area contributed by atoms with Crippen LogP contribution in [0.2, 0.25) is 0 Å². The number of hydrogen-bond acceptors (Lipinski definition) is 2. The van der Waals surface area contributed by atoms with Gasteiger partial charge in [0.1, 0.15) is 0 Å². The summed E-state index contributed by atoms with van der Waals surface area (Å²) in [6.07, 6.45) is 2.55. The van der Waals surface area contributed by atoms with Crippen LogP contribution in [0.25, 0.3) is 0 Å². The van der Waals surface area contributed by atoms with Gasteiger partial charge in [-0.15, -0.1) is 0 Å². The van der Waals surface area contributed by atoms with E-state index in [0.717, 1.165) is 19.1 Å². The first-order chi connectivity index (χ1) is 6.47. The van der Waals surface area contributed by atoms with E-state index < -0.39 is 0 Å². The van der Waals surface area contributed by atoms with Crippen LogP contribution in [0.3, 0.4) is 0 Å². The van der Waals surface area contributed by atoms with E-state index in [1.807, 2.05) is 0 Å². The number of hydrogen-bond donors (Lipinski definition) is 0. The molecular formula is C12H22O2. The van der Waals surface area contributed by atoms with Crippen LogP contribution in [0.5, 0.6) is 0 Å². The minimum Gasteiger partial charge on any atom is -0.348 e. The fourth-order valence-corrected chi connectivity index (χ4v) is 3.17. The van der Waals surface area contributed by atoms with E-state index >= 15 is 0 Å². The molecule has 2 unspecified atom stereocenters. The molecule has 0 spiro atoms. The van der Waals surface area contributed by atoms with Gasteiger partial charge in [-0.3, -0.25) is 0 Å². The molecule has 1 aliphatic heterocycles. The average molecular weight is 198 g/mol. The van der Waals surface area contributed by atoms with Crippen molar-refractivity contribution in [1.29, 1.82) is 0 Å². The van der Waals surface area contributed by atoms with Gasteiger partial charge in [-0.1, -0.05) is 20.8 Å². The van der Waals surface area contributed by atoms with Gasteiger partial charge in [0.05, 0.1) is 13.2 Å². The van der Waals surface area contributed by atoms with Crippen LogP contribution in [0.4, 0.5) is 0 Å². The number of rotatable bonds is 1. The lowest BCUT2D eigenvalue weighted by Crippen LogP contribution is -2.42. The predicted molar refractivity (Wildman–Crippen MR) is 56.0 cm³/mol. The minimum absolute atomic E-state index is 0.311. The van der Waals surface area contributed by atoms with Gasteiger partial charge in [-0.25, -0.2) is 0 Å². The van der Waals surface area contributed by atoms with Gasteiger partial charge in [0.2, 0.25) is 0 Å². The largest absolute Gasteiger partial charge is 0.348 e. The summed E-state index contributed by atoms with van der Waals surface area (Å²) in [5.74, 6) is 1.01. The molecule has 0 amide bonds. The summed E-state index contributed by atoms with van der Waals surface area (Å²) < 4.78 is 11.6. The molecule has 0 N–H and O–H groups in total. The second kappa shape index (κ2) is 3.21. The molecule has 0 aromatic heterocycles. The van der Waals surface area contributed by atoms with Crippen molar-refractivity contribution in [2.24, 2.45) is 17.3 Å². The first-order valence-corrected chi connectivity index (χ1v) is 5.75. The third kappa shape index (κ3) is 1.40. The molecule has 0 aromatic carbocycles. The fourth-order valence-electron chi connectivity index (χ4n) is 3.17. The molecule has 0 bridgehead atoms.